The smallest absolute Gasteiger partial charge is 0.317 e. The van der Waals surface area contributed by atoms with E-state index in [1.54, 1.807) is 37.6 Å². The molecule has 0 saturated heterocycles. The van der Waals surface area contributed by atoms with Crippen molar-refractivity contribution in [2.45, 2.75) is 13.0 Å². The minimum Gasteiger partial charge on any atom is -0.467 e. The summed E-state index contributed by atoms with van der Waals surface area (Å²) in [6.07, 6.45) is 2.00. The number of nitrogens with zero attached hydrogens (tertiary/aromatic N) is 1. The molecule has 1 heterocycles. The fourth-order valence-electron chi connectivity index (χ4n) is 1.88. The van der Waals surface area contributed by atoms with Crippen molar-refractivity contribution < 1.29 is 13.6 Å². The van der Waals surface area contributed by atoms with Crippen molar-refractivity contribution in [2.24, 2.45) is 0 Å². The first-order valence-electron chi connectivity index (χ1n) is 6.51. The topological polar surface area (TPSA) is 45.5 Å². The summed E-state index contributed by atoms with van der Waals surface area (Å²) in [7, 11) is 1.68. The van der Waals surface area contributed by atoms with E-state index in [0.717, 1.165) is 4.47 Å². The van der Waals surface area contributed by atoms with Gasteiger partial charge in [0, 0.05) is 18.1 Å². The lowest BCUT2D eigenvalue weighted by atomic mass is 10.1. The van der Waals surface area contributed by atoms with Crippen molar-refractivity contribution in [3.05, 3.63) is 58.2 Å². The summed E-state index contributed by atoms with van der Waals surface area (Å²) >= 11 is 3.30. The number of carbonyl (C=O) groups excluding carboxylic acids is 1. The van der Waals surface area contributed by atoms with Crippen molar-refractivity contribution in [3.63, 3.8) is 0 Å². The van der Waals surface area contributed by atoms with Crippen LogP contribution < -0.4 is 5.32 Å². The highest BCUT2D eigenvalue weighted by Crippen LogP contribution is 2.15. The Bertz CT molecular complexity index is 602. The maximum Gasteiger partial charge on any atom is 0.317 e. The van der Waals surface area contributed by atoms with E-state index in [4.69, 9.17) is 4.42 Å². The SMILES string of the molecule is CN(Cc1ccco1)C(=O)NCCc1cc(Br)ccc1F. The molecule has 2 aromatic rings. The number of rotatable bonds is 5. The van der Waals surface area contributed by atoms with Crippen molar-refractivity contribution in [1.82, 2.24) is 10.2 Å². The normalized spacial score (nSPS) is 10.4. The predicted molar refractivity (Wildman–Crippen MR) is 81.4 cm³/mol. The second-order valence-corrected chi connectivity index (χ2v) is 5.57. The third-order valence-corrected chi connectivity index (χ3v) is 3.49. The summed E-state index contributed by atoms with van der Waals surface area (Å²) < 4.78 is 19.5. The fraction of sp³-hybridized carbons (Fsp3) is 0.267. The highest BCUT2D eigenvalue weighted by atomic mass is 79.9. The number of halogens is 2. The molecule has 0 bridgehead atoms. The van der Waals surface area contributed by atoms with Crippen LogP contribution in [0.25, 0.3) is 0 Å². The monoisotopic (exact) mass is 354 g/mol. The molecule has 0 aliphatic rings. The number of nitrogens with one attached hydrogen (secondary N) is 1. The molecule has 0 spiro atoms. The minimum absolute atomic E-state index is 0.221. The second kappa shape index (κ2) is 7.26. The zero-order valence-electron chi connectivity index (χ0n) is 11.6. The first kappa shape index (κ1) is 15.6. The summed E-state index contributed by atoms with van der Waals surface area (Å²) in [4.78, 5) is 13.4. The number of hydrogen-bond donors (Lipinski definition) is 1. The molecule has 2 rings (SSSR count). The minimum atomic E-state index is -0.267. The first-order chi connectivity index (χ1) is 10.1. The first-order valence-corrected chi connectivity index (χ1v) is 7.31. The molecule has 4 nitrogen and oxygen atoms in total. The summed E-state index contributed by atoms with van der Waals surface area (Å²) in [5, 5.41) is 2.75. The van der Waals surface area contributed by atoms with Crippen LogP contribution in [0.5, 0.6) is 0 Å². The number of benzene rings is 1. The molecule has 1 N–H and O–H groups in total. The number of urea groups is 1. The van der Waals surface area contributed by atoms with E-state index in [1.807, 2.05) is 0 Å². The Morgan fingerprint density at radius 2 is 2.24 bits per heavy atom. The average Bonchev–Trinajstić information content (AvgIpc) is 2.95. The van der Waals surface area contributed by atoms with Crippen molar-refractivity contribution >= 4 is 22.0 Å². The summed E-state index contributed by atoms with van der Waals surface area (Å²) in [5.41, 5.74) is 0.568. The molecule has 6 heteroatoms. The maximum atomic E-state index is 13.5. The van der Waals surface area contributed by atoms with Crippen LogP contribution in [0.4, 0.5) is 9.18 Å². The van der Waals surface area contributed by atoms with Crippen LogP contribution >= 0.6 is 15.9 Å². The Morgan fingerprint density at radius 3 is 2.95 bits per heavy atom. The van der Waals surface area contributed by atoms with E-state index < -0.39 is 0 Å². The van der Waals surface area contributed by atoms with Gasteiger partial charge >= 0.3 is 6.03 Å². The van der Waals surface area contributed by atoms with Crippen LogP contribution in [-0.2, 0) is 13.0 Å². The van der Waals surface area contributed by atoms with E-state index in [2.05, 4.69) is 21.2 Å². The molecule has 0 saturated carbocycles. The lowest BCUT2D eigenvalue weighted by Gasteiger charge is -2.16. The Morgan fingerprint density at radius 1 is 1.43 bits per heavy atom. The molecule has 0 fully saturated rings. The number of amides is 2. The van der Waals surface area contributed by atoms with Crippen LogP contribution in [-0.4, -0.2) is 24.5 Å². The summed E-state index contributed by atoms with van der Waals surface area (Å²) in [6, 6.07) is 8.13. The van der Waals surface area contributed by atoms with Gasteiger partial charge in [-0.2, -0.15) is 0 Å². The van der Waals surface area contributed by atoms with Crippen molar-refractivity contribution in [3.8, 4) is 0 Å². The van der Waals surface area contributed by atoms with Gasteiger partial charge in [-0.05, 0) is 42.3 Å². The van der Waals surface area contributed by atoms with Gasteiger partial charge in [-0.15, -0.1) is 0 Å². The Balaban J connectivity index is 1.80. The van der Waals surface area contributed by atoms with Gasteiger partial charge < -0.3 is 14.6 Å². The second-order valence-electron chi connectivity index (χ2n) is 4.65. The van der Waals surface area contributed by atoms with Gasteiger partial charge in [0.25, 0.3) is 0 Å². The largest absolute Gasteiger partial charge is 0.467 e. The molecule has 1 aromatic carbocycles. The molecule has 112 valence electrons. The Hall–Kier alpha value is -1.82. The highest BCUT2D eigenvalue weighted by Gasteiger charge is 2.10. The molecule has 0 atom stereocenters. The zero-order chi connectivity index (χ0) is 15.2. The molecule has 0 radical (unpaired) electrons. The van der Waals surface area contributed by atoms with Crippen LogP contribution in [0, 0.1) is 5.82 Å². The van der Waals surface area contributed by atoms with Crippen molar-refractivity contribution in [1.29, 1.82) is 0 Å². The number of carbonyl (C=O) groups is 1. The molecular weight excluding hydrogens is 339 g/mol. The quantitative estimate of drug-likeness (QED) is 0.891. The van der Waals surface area contributed by atoms with Gasteiger partial charge in [-0.1, -0.05) is 15.9 Å². The van der Waals surface area contributed by atoms with E-state index in [-0.39, 0.29) is 11.8 Å². The van der Waals surface area contributed by atoms with Crippen LogP contribution in [0.3, 0.4) is 0 Å². The van der Waals surface area contributed by atoms with Crippen LogP contribution in [0.15, 0.2) is 45.5 Å². The maximum absolute atomic E-state index is 13.5. The van der Waals surface area contributed by atoms with Gasteiger partial charge in [0.15, 0.2) is 0 Å². The molecule has 21 heavy (non-hydrogen) atoms. The van der Waals surface area contributed by atoms with E-state index >= 15 is 0 Å². The third kappa shape index (κ3) is 4.60. The molecule has 2 amide bonds. The molecule has 1 aromatic heterocycles. The molecule has 0 unspecified atom stereocenters. The standard InChI is InChI=1S/C15H16BrFN2O2/c1-19(10-13-3-2-8-21-13)15(20)18-7-6-11-9-12(16)4-5-14(11)17/h2-5,8-9H,6-7,10H2,1H3,(H,18,20). The van der Waals surface area contributed by atoms with Gasteiger partial charge in [-0.25, -0.2) is 9.18 Å². The van der Waals surface area contributed by atoms with E-state index in [9.17, 15) is 9.18 Å². The number of hydrogen-bond acceptors (Lipinski definition) is 2. The fourth-order valence-corrected chi connectivity index (χ4v) is 2.29. The third-order valence-electron chi connectivity index (χ3n) is 3.00. The van der Waals surface area contributed by atoms with Crippen LogP contribution in [0.1, 0.15) is 11.3 Å². The zero-order valence-corrected chi connectivity index (χ0v) is 13.2. The molecule has 0 aliphatic carbocycles. The van der Waals surface area contributed by atoms with Gasteiger partial charge in [0.2, 0.25) is 0 Å². The average molecular weight is 355 g/mol. The van der Waals surface area contributed by atoms with E-state index in [1.165, 1.54) is 11.0 Å². The van der Waals surface area contributed by atoms with Crippen LogP contribution in [0.2, 0.25) is 0 Å². The molecular formula is C15H16BrFN2O2. The molecule has 0 aliphatic heterocycles. The van der Waals surface area contributed by atoms with E-state index in [0.29, 0.717) is 30.8 Å². The Kier molecular flexibility index (Phi) is 5.38. The van der Waals surface area contributed by atoms with Gasteiger partial charge in [0.1, 0.15) is 11.6 Å². The number of furan rings is 1. The summed E-state index contributed by atoms with van der Waals surface area (Å²) in [5.74, 6) is 0.446. The van der Waals surface area contributed by atoms with Gasteiger partial charge in [0.05, 0.1) is 12.8 Å². The van der Waals surface area contributed by atoms with Gasteiger partial charge in [-0.3, -0.25) is 0 Å². The highest BCUT2D eigenvalue weighted by molar-refractivity contribution is 9.10. The lowest BCUT2D eigenvalue weighted by Crippen LogP contribution is -2.37. The lowest BCUT2D eigenvalue weighted by molar-refractivity contribution is 0.203. The summed E-state index contributed by atoms with van der Waals surface area (Å²) in [6.45, 7) is 0.763. The van der Waals surface area contributed by atoms with Crippen molar-refractivity contribution in [2.75, 3.05) is 13.6 Å². The Labute approximate surface area is 131 Å². The predicted octanol–water partition coefficient (Wildman–Crippen LogP) is 3.57.